The van der Waals surface area contributed by atoms with Crippen molar-refractivity contribution in [2.75, 3.05) is 5.32 Å². The van der Waals surface area contributed by atoms with Gasteiger partial charge in [0.25, 0.3) is 5.91 Å². The van der Waals surface area contributed by atoms with Crippen LogP contribution in [0.5, 0.6) is 5.75 Å². The highest BCUT2D eigenvalue weighted by Crippen LogP contribution is 2.24. The van der Waals surface area contributed by atoms with Gasteiger partial charge in [-0.2, -0.15) is 5.26 Å². The Kier molecular flexibility index (Phi) is 5.05. The molecular formula is C20H20N2O2. The van der Waals surface area contributed by atoms with Crippen molar-refractivity contribution in [1.29, 1.82) is 5.26 Å². The summed E-state index contributed by atoms with van der Waals surface area (Å²) in [7, 11) is 0. The van der Waals surface area contributed by atoms with Crippen molar-refractivity contribution in [1.82, 2.24) is 0 Å². The van der Waals surface area contributed by atoms with Crippen LogP contribution < -0.4 is 5.32 Å². The summed E-state index contributed by atoms with van der Waals surface area (Å²) in [5.74, 6) is -0.224. The molecule has 0 spiro atoms. The average Bonchev–Trinajstić information content (AvgIpc) is 2.52. The van der Waals surface area contributed by atoms with E-state index in [-0.39, 0.29) is 11.3 Å². The summed E-state index contributed by atoms with van der Waals surface area (Å²) in [6, 6.07) is 11.1. The maximum atomic E-state index is 12.4. The van der Waals surface area contributed by atoms with E-state index in [4.69, 9.17) is 0 Å². The van der Waals surface area contributed by atoms with Gasteiger partial charge in [-0.15, -0.1) is 0 Å². The fourth-order valence-electron chi connectivity index (χ4n) is 2.53. The topological polar surface area (TPSA) is 73.1 Å². The molecule has 0 radical (unpaired) electrons. The molecule has 1 amide bonds. The van der Waals surface area contributed by atoms with Crippen molar-refractivity contribution in [3.05, 3.63) is 63.7 Å². The van der Waals surface area contributed by atoms with Gasteiger partial charge in [-0.05, 0) is 74.2 Å². The van der Waals surface area contributed by atoms with Crippen LogP contribution >= 0.6 is 0 Å². The number of hydrogen-bond acceptors (Lipinski definition) is 3. The maximum Gasteiger partial charge on any atom is 0.266 e. The molecule has 2 N–H and O–H groups in total. The Labute approximate surface area is 142 Å². The molecule has 2 aromatic carbocycles. The van der Waals surface area contributed by atoms with E-state index < -0.39 is 5.91 Å². The van der Waals surface area contributed by atoms with Crippen molar-refractivity contribution in [2.45, 2.75) is 27.7 Å². The van der Waals surface area contributed by atoms with Crippen LogP contribution in [0.4, 0.5) is 5.69 Å². The third-order valence-electron chi connectivity index (χ3n) is 3.82. The first-order valence-electron chi connectivity index (χ1n) is 7.62. The van der Waals surface area contributed by atoms with Crippen LogP contribution in [0, 0.1) is 39.0 Å². The number of carbonyl (C=O) groups is 1. The predicted octanol–water partition coefficient (Wildman–Crippen LogP) is 4.17. The number of anilines is 1. The molecule has 0 aromatic heterocycles. The number of nitrogens with zero attached hydrogens (tertiary/aromatic N) is 1. The number of benzene rings is 2. The van der Waals surface area contributed by atoms with Gasteiger partial charge in [0, 0.05) is 5.69 Å². The third kappa shape index (κ3) is 3.82. The van der Waals surface area contributed by atoms with Crippen LogP contribution in [0.25, 0.3) is 6.08 Å². The van der Waals surface area contributed by atoms with Crippen LogP contribution in [0.2, 0.25) is 0 Å². The first kappa shape index (κ1) is 17.3. The van der Waals surface area contributed by atoms with E-state index in [0.29, 0.717) is 22.4 Å². The second-order valence-corrected chi connectivity index (χ2v) is 5.95. The number of rotatable bonds is 3. The lowest BCUT2D eigenvalue weighted by Gasteiger charge is -2.09. The van der Waals surface area contributed by atoms with Gasteiger partial charge < -0.3 is 10.4 Å². The number of nitriles is 1. The first-order chi connectivity index (χ1) is 11.3. The van der Waals surface area contributed by atoms with Crippen LogP contribution in [0.3, 0.4) is 0 Å². The number of aryl methyl sites for hydroxylation is 4. The minimum atomic E-state index is -0.451. The van der Waals surface area contributed by atoms with Gasteiger partial charge in [0.15, 0.2) is 0 Å². The Balaban J connectivity index is 2.31. The summed E-state index contributed by atoms with van der Waals surface area (Å²) in [5, 5.41) is 21.9. The molecule has 4 heteroatoms. The fraction of sp³-hybridized carbons (Fsp3) is 0.200. The van der Waals surface area contributed by atoms with Gasteiger partial charge in [-0.25, -0.2) is 0 Å². The van der Waals surface area contributed by atoms with Crippen molar-refractivity contribution < 1.29 is 9.90 Å². The smallest absolute Gasteiger partial charge is 0.266 e. The summed E-state index contributed by atoms with van der Waals surface area (Å²) in [6.45, 7) is 7.45. The van der Waals surface area contributed by atoms with E-state index in [1.165, 1.54) is 6.08 Å². The maximum absolute atomic E-state index is 12.4. The Morgan fingerprint density at radius 2 is 1.71 bits per heavy atom. The van der Waals surface area contributed by atoms with E-state index >= 15 is 0 Å². The van der Waals surface area contributed by atoms with E-state index in [2.05, 4.69) is 5.32 Å². The Hall–Kier alpha value is -3.06. The van der Waals surface area contributed by atoms with Crippen molar-refractivity contribution in [3.63, 3.8) is 0 Å². The Bertz CT molecular complexity index is 851. The van der Waals surface area contributed by atoms with Crippen molar-refractivity contribution >= 4 is 17.7 Å². The molecule has 0 aliphatic rings. The van der Waals surface area contributed by atoms with Crippen LogP contribution in [-0.2, 0) is 4.79 Å². The van der Waals surface area contributed by atoms with Crippen LogP contribution in [0.1, 0.15) is 27.8 Å². The van der Waals surface area contributed by atoms with Gasteiger partial charge in [-0.1, -0.05) is 17.7 Å². The Morgan fingerprint density at radius 3 is 2.25 bits per heavy atom. The molecule has 0 saturated carbocycles. The lowest BCUT2D eigenvalue weighted by Crippen LogP contribution is -2.14. The monoisotopic (exact) mass is 320 g/mol. The van der Waals surface area contributed by atoms with Gasteiger partial charge in [0.05, 0.1) is 0 Å². The molecule has 0 unspecified atom stereocenters. The SMILES string of the molecule is Cc1ccc(NC(=O)/C(C#N)=C/c2cc(C)c(O)c(C)c2)c(C)c1. The van der Waals surface area contributed by atoms with E-state index in [1.807, 2.05) is 38.1 Å². The number of carbonyl (C=O) groups excluding carboxylic acids is 1. The molecule has 0 aliphatic carbocycles. The van der Waals surface area contributed by atoms with Gasteiger partial charge in [0.1, 0.15) is 17.4 Å². The number of phenolic OH excluding ortho intramolecular Hbond substituents is 1. The zero-order valence-electron chi connectivity index (χ0n) is 14.3. The number of hydrogen-bond donors (Lipinski definition) is 2. The molecule has 4 nitrogen and oxygen atoms in total. The lowest BCUT2D eigenvalue weighted by molar-refractivity contribution is -0.112. The van der Waals surface area contributed by atoms with E-state index in [9.17, 15) is 15.2 Å². The minimum absolute atomic E-state index is 0.0134. The van der Waals surface area contributed by atoms with Gasteiger partial charge >= 0.3 is 0 Å². The summed E-state index contributed by atoms with van der Waals surface area (Å²) in [6.07, 6.45) is 1.53. The molecule has 24 heavy (non-hydrogen) atoms. The van der Waals surface area contributed by atoms with Crippen molar-refractivity contribution in [2.24, 2.45) is 0 Å². The highest BCUT2D eigenvalue weighted by molar-refractivity contribution is 6.10. The highest BCUT2D eigenvalue weighted by atomic mass is 16.3. The van der Waals surface area contributed by atoms with Crippen LogP contribution in [-0.4, -0.2) is 11.0 Å². The molecule has 2 aromatic rings. The third-order valence-corrected chi connectivity index (χ3v) is 3.82. The molecule has 0 atom stereocenters. The van der Waals surface area contributed by atoms with E-state index in [0.717, 1.165) is 11.1 Å². The molecule has 2 rings (SSSR count). The first-order valence-corrected chi connectivity index (χ1v) is 7.62. The second-order valence-electron chi connectivity index (χ2n) is 5.95. The lowest BCUT2D eigenvalue weighted by atomic mass is 10.0. The summed E-state index contributed by atoms with van der Waals surface area (Å²) in [5.41, 5.74) is 4.86. The summed E-state index contributed by atoms with van der Waals surface area (Å²) >= 11 is 0. The second kappa shape index (κ2) is 7.01. The molecule has 122 valence electrons. The van der Waals surface area contributed by atoms with Crippen molar-refractivity contribution in [3.8, 4) is 11.8 Å². The average molecular weight is 320 g/mol. The normalized spacial score (nSPS) is 11.0. The fourth-order valence-corrected chi connectivity index (χ4v) is 2.53. The predicted molar refractivity (Wildman–Crippen MR) is 95.7 cm³/mol. The molecule has 0 heterocycles. The summed E-state index contributed by atoms with van der Waals surface area (Å²) in [4.78, 5) is 12.4. The largest absolute Gasteiger partial charge is 0.507 e. The van der Waals surface area contributed by atoms with E-state index in [1.54, 1.807) is 26.0 Å². The molecule has 0 fully saturated rings. The number of nitrogens with one attached hydrogen (secondary N) is 1. The van der Waals surface area contributed by atoms with Gasteiger partial charge in [-0.3, -0.25) is 4.79 Å². The number of aromatic hydroxyl groups is 1. The zero-order valence-corrected chi connectivity index (χ0v) is 14.3. The quantitative estimate of drug-likeness (QED) is 0.658. The molecule has 0 aliphatic heterocycles. The van der Waals surface area contributed by atoms with Gasteiger partial charge in [0.2, 0.25) is 0 Å². The number of phenols is 1. The minimum Gasteiger partial charge on any atom is -0.507 e. The molecule has 0 bridgehead atoms. The highest BCUT2D eigenvalue weighted by Gasteiger charge is 2.12. The molecule has 0 saturated heterocycles. The standard InChI is InChI=1S/C20H20N2O2/c1-12-5-6-18(13(2)7-12)22-20(24)17(11-21)10-16-8-14(3)19(23)15(4)9-16/h5-10,23H,1-4H3,(H,22,24)/b17-10+. The van der Waals surface area contributed by atoms with Crippen LogP contribution in [0.15, 0.2) is 35.9 Å². The zero-order chi connectivity index (χ0) is 17.9. The molecular weight excluding hydrogens is 300 g/mol. The Morgan fingerprint density at radius 1 is 1.08 bits per heavy atom. The summed E-state index contributed by atoms with van der Waals surface area (Å²) < 4.78 is 0. The number of amides is 1.